The van der Waals surface area contributed by atoms with Crippen LogP contribution >= 0.6 is 15.9 Å². The normalized spacial score (nSPS) is 46.1. The van der Waals surface area contributed by atoms with Crippen molar-refractivity contribution in [1.29, 1.82) is 0 Å². The average Bonchev–Trinajstić information content (AvgIpc) is 3.10. The molecule has 2 aliphatic heterocycles. The highest BCUT2D eigenvalue weighted by molar-refractivity contribution is 9.10. The first-order chi connectivity index (χ1) is 16.1. The van der Waals surface area contributed by atoms with Crippen molar-refractivity contribution in [2.24, 2.45) is 29.1 Å². The van der Waals surface area contributed by atoms with Crippen LogP contribution in [0.1, 0.15) is 51.0 Å². The summed E-state index contributed by atoms with van der Waals surface area (Å²) < 4.78 is 27.3. The third-order valence-corrected chi connectivity index (χ3v) is 10.2. The van der Waals surface area contributed by atoms with Gasteiger partial charge in [-0.3, -0.25) is 0 Å². The molecule has 0 unspecified atom stereocenters. The van der Waals surface area contributed by atoms with Gasteiger partial charge in [-0.2, -0.15) is 0 Å². The lowest BCUT2D eigenvalue weighted by atomic mass is 9.52. The Morgan fingerprint density at radius 1 is 0.939 bits per heavy atom. The van der Waals surface area contributed by atoms with Gasteiger partial charge in [-0.15, -0.1) is 0 Å². The van der Waals surface area contributed by atoms with E-state index < -0.39 is 11.6 Å². The van der Waals surface area contributed by atoms with E-state index in [-0.39, 0.29) is 5.41 Å². The third-order valence-electron chi connectivity index (χ3n) is 9.68. The van der Waals surface area contributed by atoms with Crippen LogP contribution in [0.3, 0.4) is 0 Å². The number of fused-ring (bicyclic) bond motifs is 5. The summed E-state index contributed by atoms with van der Waals surface area (Å²) in [4.78, 5) is 0. The van der Waals surface area contributed by atoms with E-state index >= 15 is 0 Å². The van der Waals surface area contributed by atoms with Crippen molar-refractivity contribution in [2.45, 2.75) is 57.0 Å². The fourth-order valence-corrected chi connectivity index (χ4v) is 8.72. The van der Waals surface area contributed by atoms with Crippen LogP contribution in [-0.4, -0.2) is 38.0 Å². The predicted octanol–water partition coefficient (Wildman–Crippen LogP) is 6.11. The van der Waals surface area contributed by atoms with Gasteiger partial charge in [0.1, 0.15) is 0 Å². The van der Waals surface area contributed by atoms with E-state index in [1.807, 2.05) is 0 Å². The Labute approximate surface area is 204 Å². The van der Waals surface area contributed by atoms with Crippen LogP contribution < -0.4 is 0 Å². The summed E-state index contributed by atoms with van der Waals surface area (Å²) in [5, 5.41) is 0. The zero-order chi connectivity index (χ0) is 22.3. The molecule has 0 N–H and O–H groups in total. The molecule has 0 bridgehead atoms. The van der Waals surface area contributed by atoms with E-state index in [4.69, 9.17) is 18.9 Å². The summed E-state index contributed by atoms with van der Waals surface area (Å²) in [5.74, 6) is 0.471. The molecule has 4 nitrogen and oxygen atoms in total. The Kier molecular flexibility index (Phi) is 4.85. The molecule has 4 aliphatic carbocycles. The summed E-state index contributed by atoms with van der Waals surface area (Å²) >= 11 is 3.64. The Hall–Kier alpha value is -0.980. The van der Waals surface area contributed by atoms with Crippen molar-refractivity contribution in [3.8, 4) is 0 Å². The van der Waals surface area contributed by atoms with Crippen LogP contribution in [0, 0.1) is 29.1 Å². The van der Waals surface area contributed by atoms with Crippen LogP contribution in [0.5, 0.6) is 0 Å². The van der Waals surface area contributed by atoms with Gasteiger partial charge < -0.3 is 18.9 Å². The standard InChI is InChI=1S/C28H33BrO4/c1-26-16-23(19-6-9-20(29)10-7-19)25-21-5-3-2-4-18(21)8-11-22(25)24(26)17-27-28(26,32-14-12-30-27)33-15-13-31-27/h6-10,16,21-22,24-25H,2-5,11-15,17H2,1H3/t21-,22-,24-,25+,26-,27?,28?/m0/s1. The van der Waals surface area contributed by atoms with Gasteiger partial charge in [0.05, 0.1) is 26.4 Å². The van der Waals surface area contributed by atoms with Crippen molar-refractivity contribution in [1.82, 2.24) is 0 Å². The molecule has 176 valence electrons. The second kappa shape index (κ2) is 7.51. The zero-order valence-corrected chi connectivity index (χ0v) is 20.9. The largest absolute Gasteiger partial charge is 0.343 e. The first-order valence-electron chi connectivity index (χ1n) is 12.8. The number of hydrogen-bond donors (Lipinski definition) is 0. The van der Waals surface area contributed by atoms with E-state index in [1.165, 1.54) is 36.8 Å². The highest BCUT2D eigenvalue weighted by atomic mass is 79.9. The first-order valence-corrected chi connectivity index (χ1v) is 13.6. The number of halogens is 1. The zero-order valence-electron chi connectivity index (χ0n) is 19.4. The monoisotopic (exact) mass is 512 g/mol. The van der Waals surface area contributed by atoms with Crippen LogP contribution in [0.15, 0.2) is 46.5 Å². The first kappa shape index (κ1) is 21.3. The number of allylic oxidation sites excluding steroid dienone is 3. The molecule has 2 saturated heterocycles. The van der Waals surface area contributed by atoms with Crippen molar-refractivity contribution in [3.63, 3.8) is 0 Å². The van der Waals surface area contributed by atoms with E-state index in [0.717, 1.165) is 17.3 Å². The number of hydrogen-bond acceptors (Lipinski definition) is 4. The molecule has 7 rings (SSSR count). The maximum absolute atomic E-state index is 6.61. The minimum absolute atomic E-state index is 0.308. The van der Waals surface area contributed by atoms with E-state index in [2.05, 4.69) is 59.3 Å². The summed E-state index contributed by atoms with van der Waals surface area (Å²) in [5.41, 5.74) is 4.22. The topological polar surface area (TPSA) is 36.9 Å². The molecular formula is C28H33BrO4. The van der Waals surface area contributed by atoms with Gasteiger partial charge in [-0.1, -0.05) is 59.1 Å². The fraction of sp³-hybridized carbons (Fsp3) is 0.643. The highest BCUT2D eigenvalue weighted by Crippen LogP contribution is 2.70. The molecule has 6 aliphatic rings. The van der Waals surface area contributed by atoms with Gasteiger partial charge in [-0.25, -0.2) is 0 Å². The average molecular weight is 513 g/mol. The Bertz CT molecular complexity index is 1000. The highest BCUT2D eigenvalue weighted by Gasteiger charge is 2.78. The third kappa shape index (κ3) is 2.78. The van der Waals surface area contributed by atoms with E-state index in [1.54, 1.807) is 5.57 Å². The molecule has 1 aromatic rings. The summed E-state index contributed by atoms with van der Waals surface area (Å²) in [7, 11) is 0. The van der Waals surface area contributed by atoms with Crippen molar-refractivity contribution in [2.75, 3.05) is 26.4 Å². The van der Waals surface area contributed by atoms with Gasteiger partial charge in [0.25, 0.3) is 0 Å². The lowest BCUT2D eigenvalue weighted by Crippen LogP contribution is -2.69. The van der Waals surface area contributed by atoms with Gasteiger partial charge in [0.15, 0.2) is 0 Å². The lowest BCUT2D eigenvalue weighted by molar-refractivity contribution is -0.468. The van der Waals surface area contributed by atoms with Crippen LogP contribution in [0.25, 0.3) is 5.57 Å². The van der Waals surface area contributed by atoms with Crippen molar-refractivity contribution in [3.05, 3.63) is 52.0 Å². The van der Waals surface area contributed by atoms with Gasteiger partial charge >= 0.3 is 0 Å². The van der Waals surface area contributed by atoms with Crippen molar-refractivity contribution < 1.29 is 18.9 Å². The van der Waals surface area contributed by atoms with Crippen LogP contribution in [0.4, 0.5) is 0 Å². The van der Waals surface area contributed by atoms with Crippen molar-refractivity contribution >= 4 is 21.5 Å². The fourth-order valence-electron chi connectivity index (χ4n) is 8.45. The summed E-state index contributed by atoms with van der Waals surface area (Å²) in [6.45, 7) is 4.60. The molecule has 33 heavy (non-hydrogen) atoms. The second-order valence-corrected chi connectivity index (χ2v) is 11.9. The Morgan fingerprint density at radius 2 is 1.67 bits per heavy atom. The molecule has 4 fully saturated rings. The lowest BCUT2D eigenvalue weighted by Gasteiger charge is -2.57. The quantitative estimate of drug-likeness (QED) is 0.425. The maximum Gasteiger partial charge on any atom is 0.233 e. The molecule has 0 spiro atoms. The Balaban J connectivity index is 1.43. The van der Waals surface area contributed by atoms with Gasteiger partial charge in [0.2, 0.25) is 11.6 Å². The molecule has 5 atom stereocenters. The molecule has 0 amide bonds. The van der Waals surface area contributed by atoms with Gasteiger partial charge in [0, 0.05) is 16.3 Å². The van der Waals surface area contributed by atoms with E-state index in [9.17, 15) is 0 Å². The molecule has 0 aromatic heterocycles. The van der Waals surface area contributed by atoms with Gasteiger partial charge in [-0.05, 0) is 72.6 Å². The van der Waals surface area contributed by atoms with Crippen LogP contribution in [-0.2, 0) is 18.9 Å². The number of ether oxygens (including phenoxy) is 4. The van der Waals surface area contributed by atoms with E-state index in [0.29, 0.717) is 50.1 Å². The molecule has 2 heterocycles. The molecule has 1 aromatic carbocycles. The van der Waals surface area contributed by atoms with Crippen LogP contribution in [0.2, 0.25) is 0 Å². The predicted molar refractivity (Wildman–Crippen MR) is 129 cm³/mol. The Morgan fingerprint density at radius 3 is 2.42 bits per heavy atom. The smallest absolute Gasteiger partial charge is 0.233 e. The maximum atomic E-state index is 6.61. The minimum atomic E-state index is -0.872. The minimum Gasteiger partial charge on any atom is -0.343 e. The molecule has 5 heteroatoms. The number of benzene rings is 1. The molecule has 2 saturated carbocycles. The summed E-state index contributed by atoms with van der Waals surface area (Å²) in [6, 6.07) is 8.93. The second-order valence-electron chi connectivity index (χ2n) is 11.0. The molecule has 0 radical (unpaired) electrons. The molecular weight excluding hydrogens is 480 g/mol. The SMILES string of the molecule is C[C@]12C=C(c3ccc(Br)cc3)[C@H]3[C@@H](CC=C4CCCC[C@@H]43)[C@@H]1CC13OCCOC12OCCO3. The summed E-state index contributed by atoms with van der Waals surface area (Å²) in [6.07, 6.45) is 12.4. The number of rotatable bonds is 1.